The highest BCUT2D eigenvalue weighted by atomic mass is 35.5. The van der Waals surface area contributed by atoms with Gasteiger partial charge in [0.05, 0.1) is 5.41 Å². The molecule has 2 saturated heterocycles. The van der Waals surface area contributed by atoms with Crippen molar-refractivity contribution in [2.75, 3.05) is 32.7 Å². The van der Waals surface area contributed by atoms with Crippen LogP contribution in [0.1, 0.15) is 26.7 Å². The van der Waals surface area contributed by atoms with E-state index in [-0.39, 0.29) is 30.7 Å². The second-order valence-corrected chi connectivity index (χ2v) is 5.67. The number of hydrogen-bond donors (Lipinski definition) is 1. The SMILES string of the molecule is CC(C)(CN)C(=O)N1CCN2CCCC2C1.Cl.Cl. The molecule has 1 amide bonds. The van der Waals surface area contributed by atoms with Crippen molar-refractivity contribution in [3.63, 3.8) is 0 Å². The van der Waals surface area contributed by atoms with E-state index in [4.69, 9.17) is 5.73 Å². The number of piperazine rings is 1. The van der Waals surface area contributed by atoms with Crippen molar-refractivity contribution in [2.45, 2.75) is 32.7 Å². The van der Waals surface area contributed by atoms with E-state index < -0.39 is 5.41 Å². The minimum absolute atomic E-state index is 0. The molecule has 0 saturated carbocycles. The summed E-state index contributed by atoms with van der Waals surface area (Å²) in [5.74, 6) is 0.224. The van der Waals surface area contributed by atoms with Crippen LogP contribution in [-0.2, 0) is 4.79 Å². The lowest BCUT2D eigenvalue weighted by Crippen LogP contribution is -2.55. The lowest BCUT2D eigenvalue weighted by Gasteiger charge is -2.40. The van der Waals surface area contributed by atoms with E-state index in [1.807, 2.05) is 18.7 Å². The van der Waals surface area contributed by atoms with Crippen LogP contribution in [0.3, 0.4) is 0 Å². The van der Waals surface area contributed by atoms with Crippen LogP contribution in [0.4, 0.5) is 0 Å². The Morgan fingerprint density at radius 2 is 1.94 bits per heavy atom. The maximum Gasteiger partial charge on any atom is 0.229 e. The van der Waals surface area contributed by atoms with E-state index >= 15 is 0 Å². The third kappa shape index (κ3) is 3.50. The number of fused-ring (bicyclic) bond motifs is 1. The van der Waals surface area contributed by atoms with Crippen LogP contribution in [0.25, 0.3) is 0 Å². The van der Waals surface area contributed by atoms with Crippen molar-refractivity contribution in [3.05, 3.63) is 0 Å². The highest BCUT2D eigenvalue weighted by molar-refractivity contribution is 5.85. The molecule has 1 unspecified atom stereocenters. The molecule has 18 heavy (non-hydrogen) atoms. The number of nitrogens with zero attached hydrogens (tertiary/aromatic N) is 2. The third-order valence-corrected chi connectivity index (χ3v) is 3.96. The van der Waals surface area contributed by atoms with Crippen LogP contribution in [0.15, 0.2) is 0 Å². The zero-order chi connectivity index (χ0) is 11.8. The van der Waals surface area contributed by atoms with Gasteiger partial charge in [0.25, 0.3) is 0 Å². The highest BCUT2D eigenvalue weighted by Crippen LogP contribution is 2.25. The topological polar surface area (TPSA) is 49.6 Å². The number of carbonyl (C=O) groups excluding carboxylic acids is 1. The van der Waals surface area contributed by atoms with Crippen LogP contribution < -0.4 is 5.73 Å². The van der Waals surface area contributed by atoms with Crippen LogP contribution in [0.2, 0.25) is 0 Å². The summed E-state index contributed by atoms with van der Waals surface area (Å²) in [6.07, 6.45) is 2.53. The molecule has 108 valence electrons. The minimum atomic E-state index is -0.402. The Hall–Kier alpha value is -0.0300. The first kappa shape index (κ1) is 18.0. The number of halogens is 2. The number of nitrogens with two attached hydrogens (primary N) is 1. The van der Waals surface area contributed by atoms with Gasteiger partial charge in [-0.1, -0.05) is 0 Å². The van der Waals surface area contributed by atoms with Gasteiger partial charge in [0.15, 0.2) is 0 Å². The van der Waals surface area contributed by atoms with Crippen LogP contribution in [0, 0.1) is 5.41 Å². The first-order valence-corrected chi connectivity index (χ1v) is 6.28. The van der Waals surface area contributed by atoms with Crippen molar-refractivity contribution in [1.82, 2.24) is 9.80 Å². The third-order valence-electron chi connectivity index (χ3n) is 3.96. The molecule has 0 aromatic heterocycles. The van der Waals surface area contributed by atoms with Crippen molar-refractivity contribution in [2.24, 2.45) is 11.1 Å². The van der Waals surface area contributed by atoms with Gasteiger partial charge in [-0.3, -0.25) is 9.69 Å². The number of hydrogen-bond acceptors (Lipinski definition) is 3. The summed E-state index contributed by atoms with van der Waals surface area (Å²) in [5, 5.41) is 0. The summed E-state index contributed by atoms with van der Waals surface area (Å²) < 4.78 is 0. The zero-order valence-corrected chi connectivity index (χ0v) is 12.9. The molecule has 2 rings (SSSR count). The molecule has 2 aliphatic rings. The molecule has 0 radical (unpaired) electrons. The van der Waals surface area contributed by atoms with Gasteiger partial charge in [0.2, 0.25) is 5.91 Å². The predicted molar refractivity (Wildman–Crippen MR) is 78.5 cm³/mol. The second kappa shape index (κ2) is 6.94. The summed E-state index contributed by atoms with van der Waals surface area (Å²) in [7, 11) is 0. The molecule has 0 aliphatic carbocycles. The Kier molecular flexibility index (Phi) is 6.93. The molecule has 6 heteroatoms. The summed E-state index contributed by atoms with van der Waals surface area (Å²) in [4.78, 5) is 16.8. The number of carbonyl (C=O) groups is 1. The summed E-state index contributed by atoms with van der Waals surface area (Å²) in [6.45, 7) is 8.34. The molecule has 2 aliphatic heterocycles. The van der Waals surface area contributed by atoms with Crippen molar-refractivity contribution >= 4 is 30.7 Å². The van der Waals surface area contributed by atoms with Crippen molar-refractivity contribution < 1.29 is 4.79 Å². The molecule has 0 aromatic rings. The fourth-order valence-electron chi connectivity index (χ4n) is 2.69. The quantitative estimate of drug-likeness (QED) is 0.831. The molecule has 1 atom stereocenters. The van der Waals surface area contributed by atoms with E-state index in [0.717, 1.165) is 19.6 Å². The first-order chi connectivity index (χ1) is 7.54. The normalized spacial score (nSPS) is 23.9. The lowest BCUT2D eigenvalue weighted by molar-refractivity contribution is -0.142. The van der Waals surface area contributed by atoms with Gasteiger partial charge >= 0.3 is 0 Å². The van der Waals surface area contributed by atoms with Gasteiger partial charge in [0, 0.05) is 32.2 Å². The van der Waals surface area contributed by atoms with Crippen molar-refractivity contribution in [1.29, 1.82) is 0 Å². The van der Waals surface area contributed by atoms with E-state index in [9.17, 15) is 4.79 Å². The molecule has 0 bridgehead atoms. The summed E-state index contributed by atoms with van der Waals surface area (Å²) >= 11 is 0. The molecule has 2 heterocycles. The van der Waals surface area contributed by atoms with Crippen LogP contribution in [-0.4, -0.2) is 54.5 Å². The van der Waals surface area contributed by atoms with E-state index in [0.29, 0.717) is 12.6 Å². The minimum Gasteiger partial charge on any atom is -0.339 e. The fourth-order valence-corrected chi connectivity index (χ4v) is 2.69. The molecule has 0 aromatic carbocycles. The molecule has 0 spiro atoms. The van der Waals surface area contributed by atoms with Gasteiger partial charge in [-0.25, -0.2) is 0 Å². The number of rotatable bonds is 2. The van der Waals surface area contributed by atoms with Crippen LogP contribution in [0.5, 0.6) is 0 Å². The Bertz CT molecular complexity index is 286. The van der Waals surface area contributed by atoms with Crippen molar-refractivity contribution in [3.8, 4) is 0 Å². The molecule has 2 fully saturated rings. The number of amides is 1. The highest BCUT2D eigenvalue weighted by Gasteiger charge is 2.37. The zero-order valence-electron chi connectivity index (χ0n) is 11.2. The maximum atomic E-state index is 12.3. The fraction of sp³-hybridized carbons (Fsp3) is 0.917. The Balaban J connectivity index is 0.00000144. The first-order valence-electron chi connectivity index (χ1n) is 6.28. The van der Waals surface area contributed by atoms with E-state index in [1.165, 1.54) is 19.4 Å². The Morgan fingerprint density at radius 1 is 1.28 bits per heavy atom. The second-order valence-electron chi connectivity index (χ2n) is 5.67. The monoisotopic (exact) mass is 297 g/mol. The predicted octanol–water partition coefficient (Wildman–Crippen LogP) is 1.12. The maximum absolute atomic E-state index is 12.3. The van der Waals surface area contributed by atoms with Gasteiger partial charge in [-0.2, -0.15) is 0 Å². The van der Waals surface area contributed by atoms with Gasteiger partial charge < -0.3 is 10.6 Å². The van der Waals surface area contributed by atoms with Gasteiger partial charge in [-0.05, 0) is 33.2 Å². The molecular weight excluding hydrogens is 273 g/mol. The smallest absolute Gasteiger partial charge is 0.229 e. The van der Waals surface area contributed by atoms with E-state index in [1.54, 1.807) is 0 Å². The summed E-state index contributed by atoms with van der Waals surface area (Å²) in [6, 6.07) is 0.603. The molecule has 4 nitrogen and oxygen atoms in total. The van der Waals surface area contributed by atoms with Gasteiger partial charge in [0.1, 0.15) is 0 Å². The standard InChI is InChI=1S/C12H23N3O.2ClH/c1-12(2,9-13)11(16)15-7-6-14-5-3-4-10(14)8-15;;/h10H,3-9,13H2,1-2H3;2*1H. The van der Waals surface area contributed by atoms with Gasteiger partial charge in [-0.15, -0.1) is 24.8 Å². The average Bonchev–Trinajstić information content (AvgIpc) is 2.74. The van der Waals surface area contributed by atoms with Crippen LogP contribution >= 0.6 is 24.8 Å². The van der Waals surface area contributed by atoms with E-state index in [2.05, 4.69) is 4.90 Å². The molecular formula is C12H25Cl2N3O. The largest absolute Gasteiger partial charge is 0.339 e. The average molecular weight is 298 g/mol. The summed E-state index contributed by atoms with van der Waals surface area (Å²) in [5.41, 5.74) is 5.26. The molecule has 2 N–H and O–H groups in total. The Morgan fingerprint density at radius 3 is 2.56 bits per heavy atom. The Labute approximate surface area is 122 Å². The lowest BCUT2D eigenvalue weighted by atomic mass is 9.91.